The van der Waals surface area contributed by atoms with Gasteiger partial charge in [-0.1, -0.05) is 35.4 Å². The molecule has 0 bridgehead atoms. The van der Waals surface area contributed by atoms with Crippen LogP contribution in [0.3, 0.4) is 0 Å². The molecule has 2 aromatic heterocycles. The van der Waals surface area contributed by atoms with Crippen LogP contribution in [-0.2, 0) is 6.54 Å². The van der Waals surface area contributed by atoms with E-state index < -0.39 is 0 Å². The first-order valence-electron chi connectivity index (χ1n) is 4.96. The van der Waals surface area contributed by atoms with Gasteiger partial charge in [0, 0.05) is 18.5 Å². The third-order valence-electron chi connectivity index (χ3n) is 2.39. The number of hydrogen-bond donors (Lipinski definition) is 1. The quantitative estimate of drug-likeness (QED) is 0.870. The Bertz CT molecular complexity index is 546. The Morgan fingerprint density at radius 3 is 2.71 bits per heavy atom. The average Bonchev–Trinajstić information content (AvgIpc) is 2.84. The average molecular weight is 305 g/mol. The smallest absolute Gasteiger partial charge is 0.0791 e. The molecular formula is C11H10Cl2N2S2. The molecule has 0 unspecified atom stereocenters. The fraction of sp³-hybridized carbons (Fsp3) is 0.182. The zero-order valence-electron chi connectivity index (χ0n) is 8.82. The summed E-state index contributed by atoms with van der Waals surface area (Å²) in [5.74, 6) is 0. The summed E-state index contributed by atoms with van der Waals surface area (Å²) in [5.41, 5.74) is 7.39. The number of nitrogens with zero attached hydrogens (tertiary/aromatic N) is 1. The van der Waals surface area contributed by atoms with Crippen molar-refractivity contribution >= 4 is 52.1 Å². The minimum absolute atomic E-state index is 0.525. The van der Waals surface area contributed by atoms with Crippen LogP contribution in [0.25, 0.3) is 10.6 Å². The van der Waals surface area contributed by atoms with Crippen LogP contribution >= 0.6 is 46.8 Å². The number of rotatable bonds is 4. The van der Waals surface area contributed by atoms with E-state index in [0.717, 1.165) is 16.3 Å². The van der Waals surface area contributed by atoms with Gasteiger partial charge in [0.05, 0.1) is 26.3 Å². The Kier molecular flexibility index (Phi) is 4.22. The van der Waals surface area contributed by atoms with Crippen LogP contribution in [0, 0.1) is 0 Å². The van der Waals surface area contributed by atoms with Gasteiger partial charge in [-0.3, -0.25) is 0 Å². The van der Waals surface area contributed by atoms with Crippen molar-refractivity contribution in [1.29, 1.82) is 0 Å². The van der Waals surface area contributed by atoms with E-state index in [-0.39, 0.29) is 0 Å². The second-order valence-corrected chi connectivity index (χ2v) is 5.39. The summed E-state index contributed by atoms with van der Waals surface area (Å²) in [7, 11) is 0. The Balaban J connectivity index is 2.63. The summed E-state index contributed by atoms with van der Waals surface area (Å²) in [6.07, 6.45) is 0. The van der Waals surface area contributed by atoms with Crippen molar-refractivity contribution in [2.75, 3.05) is 6.54 Å². The van der Waals surface area contributed by atoms with Crippen LogP contribution in [0.2, 0.25) is 10.0 Å². The van der Waals surface area contributed by atoms with Crippen LogP contribution in [0.4, 0.5) is 0 Å². The molecule has 0 saturated heterocycles. The first kappa shape index (κ1) is 13.1. The van der Waals surface area contributed by atoms with Crippen LogP contribution in [0.15, 0.2) is 17.5 Å². The molecule has 2 rings (SSSR count). The molecule has 2 N–H and O–H groups in total. The van der Waals surface area contributed by atoms with E-state index in [1.165, 1.54) is 0 Å². The summed E-state index contributed by atoms with van der Waals surface area (Å²) < 4.78 is 2.01. The summed E-state index contributed by atoms with van der Waals surface area (Å²) in [5, 5.41) is 4.89. The highest BCUT2D eigenvalue weighted by molar-refractivity contribution is 7.79. The normalized spacial score (nSPS) is 10.8. The molecule has 0 aliphatic carbocycles. The molecule has 0 aliphatic heterocycles. The lowest BCUT2D eigenvalue weighted by Crippen LogP contribution is -2.12. The topological polar surface area (TPSA) is 30.9 Å². The SMILES string of the molecule is NCCn1c(C=S)cc(Cl)c1-c1sccc1Cl. The van der Waals surface area contributed by atoms with Crippen LogP contribution in [0.5, 0.6) is 0 Å². The molecule has 0 spiro atoms. The largest absolute Gasteiger partial charge is 0.337 e. The van der Waals surface area contributed by atoms with E-state index in [1.807, 2.05) is 22.1 Å². The summed E-state index contributed by atoms with van der Waals surface area (Å²) >= 11 is 18.9. The molecule has 0 radical (unpaired) electrons. The zero-order chi connectivity index (χ0) is 12.4. The molecule has 2 aromatic rings. The second kappa shape index (κ2) is 5.50. The third-order valence-corrected chi connectivity index (χ3v) is 4.27. The lowest BCUT2D eigenvalue weighted by molar-refractivity contribution is 0.717. The van der Waals surface area contributed by atoms with Gasteiger partial charge in [-0.2, -0.15) is 0 Å². The molecular weight excluding hydrogens is 295 g/mol. The van der Waals surface area contributed by atoms with Crippen LogP contribution < -0.4 is 5.73 Å². The minimum atomic E-state index is 0.525. The van der Waals surface area contributed by atoms with Crippen molar-refractivity contribution < 1.29 is 0 Å². The molecule has 0 amide bonds. The van der Waals surface area contributed by atoms with Gasteiger partial charge in [-0.05, 0) is 17.5 Å². The molecule has 6 heteroatoms. The third kappa shape index (κ3) is 2.41. The predicted molar refractivity (Wildman–Crippen MR) is 79.6 cm³/mol. The van der Waals surface area contributed by atoms with Gasteiger partial charge in [0.1, 0.15) is 0 Å². The molecule has 0 atom stereocenters. The maximum absolute atomic E-state index is 6.25. The fourth-order valence-corrected chi connectivity index (χ4v) is 3.47. The highest BCUT2D eigenvalue weighted by atomic mass is 35.5. The lowest BCUT2D eigenvalue weighted by Gasteiger charge is -2.09. The first-order valence-corrected chi connectivity index (χ1v) is 7.07. The highest BCUT2D eigenvalue weighted by Crippen LogP contribution is 2.39. The number of nitrogens with two attached hydrogens (primary N) is 1. The lowest BCUT2D eigenvalue weighted by atomic mass is 10.3. The van der Waals surface area contributed by atoms with E-state index in [2.05, 4.69) is 0 Å². The molecule has 90 valence electrons. The highest BCUT2D eigenvalue weighted by Gasteiger charge is 2.17. The molecule has 2 heterocycles. The Labute approximate surface area is 119 Å². The van der Waals surface area contributed by atoms with Crippen molar-refractivity contribution in [1.82, 2.24) is 4.57 Å². The van der Waals surface area contributed by atoms with E-state index in [1.54, 1.807) is 16.7 Å². The maximum Gasteiger partial charge on any atom is 0.0791 e. The van der Waals surface area contributed by atoms with Crippen molar-refractivity contribution in [2.24, 2.45) is 5.73 Å². The fourth-order valence-electron chi connectivity index (χ4n) is 1.70. The van der Waals surface area contributed by atoms with Crippen molar-refractivity contribution in [2.45, 2.75) is 6.54 Å². The summed E-state index contributed by atoms with van der Waals surface area (Å²) in [6.45, 7) is 1.19. The Morgan fingerprint density at radius 2 is 2.18 bits per heavy atom. The monoisotopic (exact) mass is 304 g/mol. The molecule has 17 heavy (non-hydrogen) atoms. The van der Waals surface area contributed by atoms with Crippen LogP contribution in [0.1, 0.15) is 5.69 Å². The first-order chi connectivity index (χ1) is 8.19. The van der Waals surface area contributed by atoms with E-state index in [9.17, 15) is 0 Å². The van der Waals surface area contributed by atoms with Gasteiger partial charge in [0.2, 0.25) is 0 Å². The van der Waals surface area contributed by atoms with Gasteiger partial charge in [0.15, 0.2) is 0 Å². The zero-order valence-corrected chi connectivity index (χ0v) is 12.0. The van der Waals surface area contributed by atoms with Crippen molar-refractivity contribution in [3.8, 4) is 10.6 Å². The van der Waals surface area contributed by atoms with E-state index in [4.69, 9.17) is 41.2 Å². The molecule has 2 nitrogen and oxygen atoms in total. The van der Waals surface area contributed by atoms with E-state index >= 15 is 0 Å². The maximum atomic E-state index is 6.25. The number of thiophene rings is 1. The van der Waals surface area contributed by atoms with Gasteiger partial charge < -0.3 is 10.3 Å². The second-order valence-electron chi connectivity index (χ2n) is 3.42. The number of hydrogen-bond acceptors (Lipinski definition) is 3. The minimum Gasteiger partial charge on any atom is -0.337 e. The number of thiocarbonyl (C=S) groups is 1. The predicted octanol–water partition coefficient (Wildman–Crippen LogP) is 3.83. The van der Waals surface area contributed by atoms with Crippen molar-refractivity contribution in [3.63, 3.8) is 0 Å². The standard InChI is InChI=1S/C11H10Cl2N2S2/c12-8-1-4-17-11(8)10-9(13)5-7(6-16)15(10)3-2-14/h1,4-6H,2-3,14H2. The summed E-state index contributed by atoms with van der Waals surface area (Å²) in [6, 6.07) is 3.70. The molecule has 0 fully saturated rings. The van der Waals surface area contributed by atoms with Gasteiger partial charge >= 0.3 is 0 Å². The van der Waals surface area contributed by atoms with Crippen molar-refractivity contribution in [3.05, 3.63) is 33.3 Å². The van der Waals surface area contributed by atoms with E-state index in [0.29, 0.717) is 23.1 Å². The van der Waals surface area contributed by atoms with Crippen LogP contribution in [-0.4, -0.2) is 16.5 Å². The number of halogens is 2. The molecule has 0 saturated carbocycles. The van der Waals surface area contributed by atoms with Gasteiger partial charge in [-0.25, -0.2) is 0 Å². The van der Waals surface area contributed by atoms with Gasteiger partial charge in [0.25, 0.3) is 0 Å². The molecule has 0 aliphatic rings. The Hall–Kier alpha value is -0.390. The molecule has 0 aromatic carbocycles. The number of aromatic nitrogens is 1. The van der Waals surface area contributed by atoms with Gasteiger partial charge in [-0.15, -0.1) is 11.3 Å². The Morgan fingerprint density at radius 1 is 1.41 bits per heavy atom. The summed E-state index contributed by atoms with van der Waals surface area (Å²) in [4.78, 5) is 0.952.